The maximum atomic E-state index is 4.89. The maximum Gasteiger partial charge on any atom is 0.114 e. The summed E-state index contributed by atoms with van der Waals surface area (Å²) in [6.45, 7) is 2.24. The van der Waals surface area contributed by atoms with Crippen molar-refractivity contribution in [2.45, 2.75) is 12.8 Å². The molecule has 3 nitrogen and oxygen atoms in total. The summed E-state index contributed by atoms with van der Waals surface area (Å²) in [7, 11) is 0. The molecule has 4 rings (SSSR count). The second-order valence-electron chi connectivity index (χ2n) is 5.75. The number of rotatable bonds is 3. The Bertz CT molecular complexity index is 740. The molecule has 2 aromatic carbocycles. The van der Waals surface area contributed by atoms with E-state index in [4.69, 9.17) is 4.98 Å². The Balaban J connectivity index is 1.84. The highest BCUT2D eigenvalue weighted by atomic mass is 15.1. The topological polar surface area (TPSA) is 29.9 Å². The SMILES string of the molecule is c1ccc(-n2c(CC3CCNC3)nc3ccccc32)cc1. The molecule has 1 aliphatic heterocycles. The molecule has 1 atom stereocenters. The van der Waals surface area contributed by atoms with Gasteiger partial charge in [0.25, 0.3) is 0 Å². The Morgan fingerprint density at radius 3 is 2.67 bits per heavy atom. The van der Waals surface area contributed by atoms with Crippen molar-refractivity contribution in [1.29, 1.82) is 0 Å². The summed E-state index contributed by atoms with van der Waals surface area (Å²) in [5, 5.41) is 3.45. The second-order valence-corrected chi connectivity index (χ2v) is 5.75. The van der Waals surface area contributed by atoms with Crippen LogP contribution in [0.5, 0.6) is 0 Å². The minimum Gasteiger partial charge on any atom is -0.316 e. The van der Waals surface area contributed by atoms with Gasteiger partial charge in [0.15, 0.2) is 0 Å². The number of imidazole rings is 1. The second kappa shape index (κ2) is 5.34. The molecule has 1 fully saturated rings. The first kappa shape index (κ1) is 12.6. The third-order valence-corrected chi connectivity index (χ3v) is 4.28. The third-order valence-electron chi connectivity index (χ3n) is 4.28. The van der Waals surface area contributed by atoms with Gasteiger partial charge in [-0.2, -0.15) is 0 Å². The van der Waals surface area contributed by atoms with Crippen molar-refractivity contribution in [2.24, 2.45) is 5.92 Å². The van der Waals surface area contributed by atoms with E-state index in [0.717, 1.165) is 25.0 Å². The van der Waals surface area contributed by atoms with Crippen molar-refractivity contribution in [1.82, 2.24) is 14.9 Å². The summed E-state index contributed by atoms with van der Waals surface area (Å²) in [6, 6.07) is 19.0. The van der Waals surface area contributed by atoms with E-state index in [9.17, 15) is 0 Å². The Morgan fingerprint density at radius 1 is 1.05 bits per heavy atom. The minimum atomic E-state index is 0.698. The summed E-state index contributed by atoms with van der Waals surface area (Å²) in [4.78, 5) is 4.89. The van der Waals surface area contributed by atoms with E-state index in [1.54, 1.807) is 0 Å². The van der Waals surface area contributed by atoms with Crippen molar-refractivity contribution in [3.8, 4) is 5.69 Å². The van der Waals surface area contributed by atoms with Crippen LogP contribution in [0, 0.1) is 5.92 Å². The zero-order chi connectivity index (χ0) is 14.1. The predicted molar refractivity (Wildman–Crippen MR) is 85.8 cm³/mol. The van der Waals surface area contributed by atoms with Crippen molar-refractivity contribution < 1.29 is 0 Å². The number of aromatic nitrogens is 2. The van der Waals surface area contributed by atoms with Gasteiger partial charge in [-0.15, -0.1) is 0 Å². The van der Waals surface area contributed by atoms with Crippen molar-refractivity contribution >= 4 is 11.0 Å². The van der Waals surface area contributed by atoms with E-state index < -0.39 is 0 Å². The van der Waals surface area contributed by atoms with E-state index in [1.807, 2.05) is 0 Å². The lowest BCUT2D eigenvalue weighted by Gasteiger charge is -2.12. The van der Waals surface area contributed by atoms with Crippen LogP contribution in [0.1, 0.15) is 12.2 Å². The summed E-state index contributed by atoms with van der Waals surface area (Å²) in [5.41, 5.74) is 3.49. The summed E-state index contributed by atoms with van der Waals surface area (Å²) >= 11 is 0. The van der Waals surface area contributed by atoms with Gasteiger partial charge in [0, 0.05) is 12.1 Å². The largest absolute Gasteiger partial charge is 0.316 e. The zero-order valence-corrected chi connectivity index (χ0v) is 12.0. The fraction of sp³-hybridized carbons (Fsp3) is 0.278. The standard InChI is InChI=1S/C18H19N3/c1-2-6-15(7-3-1)21-17-9-5-4-8-16(17)20-18(21)12-14-10-11-19-13-14/h1-9,14,19H,10-13H2. The summed E-state index contributed by atoms with van der Waals surface area (Å²) < 4.78 is 2.31. The van der Waals surface area contributed by atoms with E-state index in [1.165, 1.54) is 23.4 Å². The predicted octanol–water partition coefficient (Wildman–Crippen LogP) is 3.18. The van der Waals surface area contributed by atoms with Gasteiger partial charge in [-0.05, 0) is 49.7 Å². The van der Waals surface area contributed by atoms with E-state index in [-0.39, 0.29) is 0 Å². The first-order valence-electron chi connectivity index (χ1n) is 7.64. The first-order chi connectivity index (χ1) is 10.4. The highest BCUT2D eigenvalue weighted by molar-refractivity contribution is 5.78. The van der Waals surface area contributed by atoms with Gasteiger partial charge in [-0.25, -0.2) is 4.98 Å². The van der Waals surface area contributed by atoms with Crippen LogP contribution in [-0.2, 0) is 6.42 Å². The molecule has 0 spiro atoms. The number of para-hydroxylation sites is 3. The number of nitrogens with zero attached hydrogens (tertiary/aromatic N) is 2. The van der Waals surface area contributed by atoms with Crippen molar-refractivity contribution in [2.75, 3.05) is 13.1 Å². The quantitative estimate of drug-likeness (QED) is 0.797. The van der Waals surface area contributed by atoms with Gasteiger partial charge in [-0.3, -0.25) is 4.57 Å². The highest BCUT2D eigenvalue weighted by Gasteiger charge is 2.19. The molecule has 2 heterocycles. The van der Waals surface area contributed by atoms with E-state index in [2.05, 4.69) is 64.5 Å². The monoisotopic (exact) mass is 277 g/mol. The molecule has 106 valence electrons. The molecular weight excluding hydrogens is 258 g/mol. The molecule has 3 heteroatoms. The number of nitrogens with one attached hydrogen (secondary N) is 1. The maximum absolute atomic E-state index is 4.89. The van der Waals surface area contributed by atoms with Gasteiger partial charge >= 0.3 is 0 Å². The molecule has 1 aromatic heterocycles. The number of hydrogen-bond acceptors (Lipinski definition) is 2. The fourth-order valence-electron chi connectivity index (χ4n) is 3.22. The average molecular weight is 277 g/mol. The molecule has 0 radical (unpaired) electrons. The number of fused-ring (bicyclic) bond motifs is 1. The van der Waals surface area contributed by atoms with Gasteiger partial charge in [0.05, 0.1) is 11.0 Å². The Labute approximate surface area is 124 Å². The van der Waals surface area contributed by atoms with Crippen LogP contribution in [0.3, 0.4) is 0 Å². The van der Waals surface area contributed by atoms with Gasteiger partial charge in [0.2, 0.25) is 0 Å². The summed E-state index contributed by atoms with van der Waals surface area (Å²) in [6.07, 6.45) is 2.29. The van der Waals surface area contributed by atoms with Crippen molar-refractivity contribution in [3.05, 3.63) is 60.4 Å². The van der Waals surface area contributed by atoms with Crippen molar-refractivity contribution in [3.63, 3.8) is 0 Å². The molecule has 1 N–H and O–H groups in total. The van der Waals surface area contributed by atoms with Crippen LogP contribution in [0.15, 0.2) is 54.6 Å². The van der Waals surface area contributed by atoms with Gasteiger partial charge in [0.1, 0.15) is 5.82 Å². The Kier molecular flexibility index (Phi) is 3.20. The molecule has 1 aliphatic rings. The molecule has 0 amide bonds. The Morgan fingerprint density at radius 2 is 1.86 bits per heavy atom. The van der Waals surface area contributed by atoms with E-state index >= 15 is 0 Å². The molecule has 21 heavy (non-hydrogen) atoms. The summed E-state index contributed by atoms with van der Waals surface area (Å²) in [5.74, 6) is 1.88. The molecular formula is C18H19N3. The molecule has 1 unspecified atom stereocenters. The van der Waals surface area contributed by atoms with Crippen LogP contribution in [-0.4, -0.2) is 22.6 Å². The normalized spacial score (nSPS) is 18.4. The zero-order valence-electron chi connectivity index (χ0n) is 12.0. The molecule has 3 aromatic rings. The molecule has 1 saturated heterocycles. The minimum absolute atomic E-state index is 0.698. The lowest BCUT2D eigenvalue weighted by molar-refractivity contribution is 0.558. The lowest BCUT2D eigenvalue weighted by Crippen LogP contribution is -2.13. The average Bonchev–Trinajstić information content (AvgIpc) is 3.15. The molecule has 0 bridgehead atoms. The lowest BCUT2D eigenvalue weighted by atomic mass is 10.0. The molecule has 0 aliphatic carbocycles. The number of benzene rings is 2. The number of hydrogen-bond donors (Lipinski definition) is 1. The smallest absolute Gasteiger partial charge is 0.114 e. The van der Waals surface area contributed by atoms with Gasteiger partial charge < -0.3 is 5.32 Å². The van der Waals surface area contributed by atoms with Crippen LogP contribution in [0.4, 0.5) is 0 Å². The van der Waals surface area contributed by atoms with Crippen LogP contribution in [0.2, 0.25) is 0 Å². The van der Waals surface area contributed by atoms with Crippen LogP contribution >= 0.6 is 0 Å². The first-order valence-corrected chi connectivity index (χ1v) is 7.64. The van der Waals surface area contributed by atoms with Crippen LogP contribution < -0.4 is 5.32 Å². The fourth-order valence-corrected chi connectivity index (χ4v) is 3.22. The van der Waals surface area contributed by atoms with Gasteiger partial charge in [-0.1, -0.05) is 30.3 Å². The van der Waals surface area contributed by atoms with Crippen LogP contribution in [0.25, 0.3) is 16.7 Å². The van der Waals surface area contributed by atoms with E-state index in [0.29, 0.717) is 5.92 Å². The third kappa shape index (κ3) is 2.34. The molecule has 0 saturated carbocycles. The Hall–Kier alpha value is -2.13. The highest BCUT2D eigenvalue weighted by Crippen LogP contribution is 2.24.